The summed E-state index contributed by atoms with van der Waals surface area (Å²) in [6.45, 7) is 5.67. The molecule has 0 fully saturated rings. The number of amides is 1. The summed E-state index contributed by atoms with van der Waals surface area (Å²) in [5.41, 5.74) is 4.53. The number of nitrogens with one attached hydrogen (secondary N) is 1. The standard InChI is InChI=1S/C25H22FN7O2/c1-15-4-7-19(10-16(15)2)32-24-21(12-29-32)25(28-14-27-24)33-22(11-17(3)31-33)30-23(34)13-35-20-8-5-18(26)6-9-20/h4-12,14H,13H2,1-3H3,(H,30,34). The molecule has 0 aliphatic rings. The molecule has 3 aromatic heterocycles. The number of carbonyl (C=O) groups excluding carboxylic acids is 1. The molecule has 0 bridgehead atoms. The van der Waals surface area contributed by atoms with Crippen LogP contribution in [-0.4, -0.2) is 42.0 Å². The zero-order chi connectivity index (χ0) is 24.5. The Hall–Kier alpha value is -4.60. The number of fused-ring (bicyclic) bond motifs is 1. The van der Waals surface area contributed by atoms with Crippen LogP contribution in [0.15, 0.2) is 61.1 Å². The first-order valence-corrected chi connectivity index (χ1v) is 10.9. The lowest BCUT2D eigenvalue weighted by molar-refractivity contribution is -0.118. The van der Waals surface area contributed by atoms with Crippen molar-refractivity contribution in [2.75, 3.05) is 11.9 Å². The van der Waals surface area contributed by atoms with Gasteiger partial charge in [0, 0.05) is 6.07 Å². The molecular weight excluding hydrogens is 449 g/mol. The van der Waals surface area contributed by atoms with Crippen LogP contribution in [-0.2, 0) is 4.79 Å². The third-order valence-electron chi connectivity index (χ3n) is 5.56. The van der Waals surface area contributed by atoms with E-state index in [4.69, 9.17) is 4.74 Å². The average Bonchev–Trinajstić information content (AvgIpc) is 3.43. The molecule has 0 aliphatic carbocycles. The second kappa shape index (κ2) is 8.98. The largest absolute Gasteiger partial charge is 0.484 e. The first-order valence-electron chi connectivity index (χ1n) is 10.9. The molecular formula is C25H22FN7O2. The van der Waals surface area contributed by atoms with Gasteiger partial charge in [0.25, 0.3) is 5.91 Å². The second-order valence-corrected chi connectivity index (χ2v) is 8.13. The summed E-state index contributed by atoms with van der Waals surface area (Å²) in [4.78, 5) is 21.4. The van der Waals surface area contributed by atoms with Crippen LogP contribution in [0.4, 0.5) is 10.2 Å². The van der Waals surface area contributed by atoms with Crippen molar-refractivity contribution < 1.29 is 13.9 Å². The fourth-order valence-electron chi connectivity index (χ4n) is 3.66. The van der Waals surface area contributed by atoms with E-state index in [2.05, 4.69) is 32.4 Å². The van der Waals surface area contributed by atoms with Gasteiger partial charge in [0.05, 0.1) is 23.0 Å². The summed E-state index contributed by atoms with van der Waals surface area (Å²) in [5.74, 6) is 0.523. The first-order chi connectivity index (χ1) is 16.9. The number of carbonyl (C=O) groups is 1. The molecule has 0 atom stereocenters. The molecule has 0 spiro atoms. The molecule has 5 aromatic rings. The minimum atomic E-state index is -0.397. The van der Waals surface area contributed by atoms with Gasteiger partial charge in [0.15, 0.2) is 18.1 Å². The number of anilines is 1. The van der Waals surface area contributed by atoms with E-state index in [1.807, 2.05) is 32.0 Å². The highest BCUT2D eigenvalue weighted by Crippen LogP contribution is 2.25. The summed E-state index contributed by atoms with van der Waals surface area (Å²) in [6, 6.07) is 13.3. The van der Waals surface area contributed by atoms with Gasteiger partial charge < -0.3 is 10.1 Å². The Kier molecular flexibility index (Phi) is 5.69. The number of hydrogen-bond donors (Lipinski definition) is 1. The Morgan fingerprint density at radius 2 is 1.80 bits per heavy atom. The van der Waals surface area contributed by atoms with Crippen LogP contribution in [0.5, 0.6) is 5.75 Å². The number of halogens is 1. The van der Waals surface area contributed by atoms with E-state index in [-0.39, 0.29) is 12.4 Å². The molecule has 10 heteroatoms. The lowest BCUT2D eigenvalue weighted by atomic mass is 10.1. The van der Waals surface area contributed by atoms with Crippen LogP contribution < -0.4 is 10.1 Å². The molecule has 0 saturated carbocycles. The van der Waals surface area contributed by atoms with Crippen molar-refractivity contribution in [1.82, 2.24) is 29.5 Å². The Bertz CT molecular complexity index is 1540. The van der Waals surface area contributed by atoms with Crippen molar-refractivity contribution in [3.8, 4) is 17.3 Å². The van der Waals surface area contributed by atoms with Crippen LogP contribution >= 0.6 is 0 Å². The van der Waals surface area contributed by atoms with Gasteiger partial charge in [-0.2, -0.15) is 14.9 Å². The molecule has 0 aliphatic heterocycles. The Balaban J connectivity index is 1.43. The minimum Gasteiger partial charge on any atom is -0.484 e. The maximum absolute atomic E-state index is 13.1. The molecule has 176 valence electrons. The number of aromatic nitrogens is 6. The zero-order valence-electron chi connectivity index (χ0n) is 19.4. The van der Waals surface area contributed by atoms with E-state index in [1.54, 1.807) is 21.6 Å². The van der Waals surface area contributed by atoms with Crippen molar-refractivity contribution in [3.05, 3.63) is 83.7 Å². The second-order valence-electron chi connectivity index (χ2n) is 8.13. The molecule has 9 nitrogen and oxygen atoms in total. The summed E-state index contributed by atoms with van der Waals surface area (Å²) in [7, 11) is 0. The highest BCUT2D eigenvalue weighted by Gasteiger charge is 2.18. The fraction of sp³-hybridized carbons (Fsp3) is 0.160. The number of ether oxygens (including phenoxy) is 1. The van der Waals surface area contributed by atoms with Gasteiger partial charge in [-0.15, -0.1) is 0 Å². The van der Waals surface area contributed by atoms with Crippen LogP contribution in [0.1, 0.15) is 16.8 Å². The van der Waals surface area contributed by atoms with E-state index in [0.717, 1.165) is 11.3 Å². The predicted octanol–water partition coefficient (Wildman–Crippen LogP) is 4.08. The van der Waals surface area contributed by atoms with Gasteiger partial charge in [-0.1, -0.05) is 6.07 Å². The Morgan fingerprint density at radius 3 is 2.57 bits per heavy atom. The Morgan fingerprint density at radius 1 is 1.00 bits per heavy atom. The third-order valence-corrected chi connectivity index (χ3v) is 5.56. The minimum absolute atomic E-state index is 0.250. The van der Waals surface area contributed by atoms with E-state index in [0.29, 0.717) is 34.1 Å². The first kappa shape index (κ1) is 22.2. The molecule has 0 unspecified atom stereocenters. The van der Waals surface area contributed by atoms with E-state index < -0.39 is 5.91 Å². The number of hydrogen-bond acceptors (Lipinski definition) is 6. The molecule has 1 amide bonds. The smallest absolute Gasteiger partial charge is 0.263 e. The number of nitrogens with zero attached hydrogens (tertiary/aromatic N) is 6. The maximum Gasteiger partial charge on any atom is 0.263 e. The lowest BCUT2D eigenvalue weighted by Gasteiger charge is -2.10. The summed E-state index contributed by atoms with van der Waals surface area (Å²) in [6.07, 6.45) is 3.12. The van der Waals surface area contributed by atoms with Crippen molar-refractivity contribution in [2.45, 2.75) is 20.8 Å². The quantitative estimate of drug-likeness (QED) is 0.401. The van der Waals surface area contributed by atoms with Crippen molar-refractivity contribution in [3.63, 3.8) is 0 Å². The van der Waals surface area contributed by atoms with Crippen LogP contribution in [0.25, 0.3) is 22.5 Å². The molecule has 0 saturated heterocycles. The molecule has 5 rings (SSSR count). The lowest BCUT2D eigenvalue weighted by Crippen LogP contribution is -2.22. The van der Waals surface area contributed by atoms with E-state index >= 15 is 0 Å². The average molecular weight is 471 g/mol. The van der Waals surface area contributed by atoms with Crippen LogP contribution in [0.3, 0.4) is 0 Å². The van der Waals surface area contributed by atoms with E-state index in [9.17, 15) is 9.18 Å². The van der Waals surface area contributed by atoms with Gasteiger partial charge in [-0.05, 0) is 68.3 Å². The van der Waals surface area contributed by atoms with Gasteiger partial charge in [-0.25, -0.2) is 19.0 Å². The number of rotatable bonds is 6. The predicted molar refractivity (Wildman–Crippen MR) is 129 cm³/mol. The van der Waals surface area contributed by atoms with Crippen LogP contribution in [0.2, 0.25) is 0 Å². The monoisotopic (exact) mass is 471 g/mol. The van der Waals surface area contributed by atoms with Gasteiger partial charge >= 0.3 is 0 Å². The highest BCUT2D eigenvalue weighted by atomic mass is 19.1. The molecule has 1 N–H and O–H groups in total. The van der Waals surface area contributed by atoms with Gasteiger partial charge in [0.2, 0.25) is 0 Å². The molecule has 3 heterocycles. The third kappa shape index (κ3) is 4.45. The Labute approximate surface area is 200 Å². The normalized spacial score (nSPS) is 11.1. The van der Waals surface area contributed by atoms with Crippen LogP contribution in [0, 0.1) is 26.6 Å². The highest BCUT2D eigenvalue weighted by molar-refractivity contribution is 5.92. The summed E-state index contributed by atoms with van der Waals surface area (Å²) in [5, 5.41) is 12.5. The molecule has 2 aromatic carbocycles. The fourth-order valence-corrected chi connectivity index (χ4v) is 3.66. The number of aryl methyl sites for hydroxylation is 3. The topological polar surface area (TPSA) is 99.7 Å². The van der Waals surface area contributed by atoms with Gasteiger partial charge in [-0.3, -0.25) is 4.79 Å². The summed E-state index contributed by atoms with van der Waals surface area (Å²) < 4.78 is 21.8. The van der Waals surface area contributed by atoms with Crippen molar-refractivity contribution in [2.24, 2.45) is 0 Å². The molecule has 35 heavy (non-hydrogen) atoms. The van der Waals surface area contributed by atoms with E-state index in [1.165, 1.54) is 36.2 Å². The number of benzene rings is 2. The zero-order valence-corrected chi connectivity index (χ0v) is 19.4. The molecule has 0 radical (unpaired) electrons. The maximum atomic E-state index is 13.1. The van der Waals surface area contributed by atoms with Crippen molar-refractivity contribution in [1.29, 1.82) is 0 Å². The summed E-state index contributed by atoms with van der Waals surface area (Å²) >= 11 is 0. The van der Waals surface area contributed by atoms with Crippen molar-refractivity contribution >= 4 is 22.8 Å². The SMILES string of the molecule is Cc1cc(NC(=O)COc2ccc(F)cc2)n(-c2ncnc3c2cnn3-c2ccc(C)c(C)c2)n1. The van der Waals surface area contributed by atoms with Gasteiger partial charge in [0.1, 0.15) is 23.7 Å².